The monoisotopic (exact) mass is 227 g/mol. The van der Waals surface area contributed by atoms with Gasteiger partial charge in [-0.25, -0.2) is 0 Å². The van der Waals surface area contributed by atoms with Gasteiger partial charge in [-0.1, -0.05) is 0 Å². The highest BCUT2D eigenvalue weighted by molar-refractivity contribution is 9.10. The van der Waals surface area contributed by atoms with Crippen LogP contribution in [0.15, 0.2) is 15.9 Å². The van der Waals surface area contributed by atoms with E-state index in [0.29, 0.717) is 0 Å². The molecule has 2 rings (SSSR count). The lowest BCUT2D eigenvalue weighted by Crippen LogP contribution is -1.97. The second kappa shape index (κ2) is 2.33. The van der Waals surface area contributed by atoms with Gasteiger partial charge in [0.1, 0.15) is 0 Å². The summed E-state index contributed by atoms with van der Waals surface area (Å²) >= 11 is 5.06. The Morgan fingerprint density at radius 2 is 2.36 bits per heavy atom. The highest BCUT2D eigenvalue weighted by Crippen LogP contribution is 2.50. The Morgan fingerprint density at radius 3 is 2.73 bits per heavy atom. The van der Waals surface area contributed by atoms with Crippen molar-refractivity contribution in [2.45, 2.75) is 18.3 Å². The molecule has 0 amide bonds. The first-order valence-corrected chi connectivity index (χ1v) is 5.10. The molecule has 1 aliphatic carbocycles. The van der Waals surface area contributed by atoms with Crippen LogP contribution in [0.2, 0.25) is 0 Å². The Hall–Kier alpha value is -0.330. The lowest BCUT2D eigenvalue weighted by atomic mass is 10.1. The molecule has 1 heterocycles. The molecule has 56 valence electrons. The number of nitrogens with zero attached hydrogens (tertiary/aromatic N) is 1. The van der Waals surface area contributed by atoms with Crippen molar-refractivity contribution in [3.63, 3.8) is 0 Å². The molecule has 0 aromatic carbocycles. The van der Waals surface area contributed by atoms with Crippen LogP contribution in [0.3, 0.4) is 0 Å². The predicted molar refractivity (Wildman–Crippen MR) is 48.5 cm³/mol. The maximum Gasteiger partial charge on any atom is 0.0916 e. The maximum atomic E-state index is 8.86. The fourth-order valence-electron chi connectivity index (χ4n) is 1.10. The van der Waals surface area contributed by atoms with Gasteiger partial charge in [-0.3, -0.25) is 0 Å². The van der Waals surface area contributed by atoms with Crippen LogP contribution in [0.4, 0.5) is 0 Å². The van der Waals surface area contributed by atoms with Gasteiger partial charge >= 0.3 is 0 Å². The highest BCUT2D eigenvalue weighted by Gasteiger charge is 2.45. The minimum Gasteiger partial charge on any atom is -0.197 e. The van der Waals surface area contributed by atoms with Crippen LogP contribution in [0.5, 0.6) is 0 Å². The maximum absolute atomic E-state index is 8.86. The number of rotatable bonds is 1. The van der Waals surface area contributed by atoms with Crippen molar-refractivity contribution in [3.8, 4) is 6.07 Å². The van der Waals surface area contributed by atoms with Crippen LogP contribution in [0.25, 0.3) is 0 Å². The number of thiophene rings is 1. The summed E-state index contributed by atoms with van der Waals surface area (Å²) in [4.78, 5) is 1.21. The van der Waals surface area contributed by atoms with E-state index in [1.165, 1.54) is 4.88 Å². The summed E-state index contributed by atoms with van der Waals surface area (Å²) in [6, 6.07) is 4.43. The second-order valence-electron chi connectivity index (χ2n) is 2.82. The van der Waals surface area contributed by atoms with E-state index < -0.39 is 0 Å². The number of hydrogen-bond acceptors (Lipinski definition) is 2. The molecule has 1 aromatic heterocycles. The van der Waals surface area contributed by atoms with Crippen LogP contribution in [0, 0.1) is 11.3 Å². The fraction of sp³-hybridized carbons (Fsp3) is 0.375. The van der Waals surface area contributed by atoms with Gasteiger partial charge < -0.3 is 0 Å². The third kappa shape index (κ3) is 1.11. The van der Waals surface area contributed by atoms with E-state index in [4.69, 9.17) is 5.26 Å². The molecule has 0 bridgehead atoms. The van der Waals surface area contributed by atoms with Gasteiger partial charge in [0.25, 0.3) is 0 Å². The summed E-state index contributed by atoms with van der Waals surface area (Å²) in [5, 5.41) is 10.9. The van der Waals surface area contributed by atoms with Crippen LogP contribution in [-0.4, -0.2) is 0 Å². The quantitative estimate of drug-likeness (QED) is 0.724. The van der Waals surface area contributed by atoms with Crippen LogP contribution in [-0.2, 0) is 5.41 Å². The van der Waals surface area contributed by atoms with Crippen molar-refractivity contribution in [2.75, 3.05) is 0 Å². The Labute approximate surface area is 77.8 Å². The minimum atomic E-state index is -0.101. The number of nitriles is 1. The van der Waals surface area contributed by atoms with Crippen molar-refractivity contribution in [3.05, 3.63) is 20.8 Å². The largest absolute Gasteiger partial charge is 0.197 e. The lowest BCUT2D eigenvalue weighted by molar-refractivity contribution is 0.936. The van der Waals surface area contributed by atoms with Gasteiger partial charge in [0.2, 0.25) is 0 Å². The van der Waals surface area contributed by atoms with Gasteiger partial charge in [0.15, 0.2) is 0 Å². The molecule has 0 atom stereocenters. The molecule has 0 spiro atoms. The van der Waals surface area contributed by atoms with E-state index in [-0.39, 0.29) is 5.41 Å². The Bertz CT molecular complexity index is 319. The SMILES string of the molecule is N#CC1(c2cc(Br)cs2)CC1. The molecule has 11 heavy (non-hydrogen) atoms. The smallest absolute Gasteiger partial charge is 0.0916 e. The number of hydrogen-bond donors (Lipinski definition) is 0. The van der Waals surface area contributed by atoms with Crippen molar-refractivity contribution >= 4 is 27.3 Å². The molecule has 0 radical (unpaired) electrons. The average molecular weight is 228 g/mol. The van der Waals surface area contributed by atoms with E-state index in [1.54, 1.807) is 11.3 Å². The number of halogens is 1. The van der Waals surface area contributed by atoms with Crippen molar-refractivity contribution in [2.24, 2.45) is 0 Å². The molecule has 1 saturated carbocycles. The molecule has 1 nitrogen and oxygen atoms in total. The summed E-state index contributed by atoms with van der Waals surface area (Å²) in [6.45, 7) is 0. The summed E-state index contributed by atoms with van der Waals surface area (Å²) < 4.78 is 1.10. The molecule has 1 aromatic rings. The van der Waals surface area contributed by atoms with Gasteiger partial charge in [-0.05, 0) is 34.8 Å². The Morgan fingerprint density at radius 1 is 1.64 bits per heavy atom. The molecule has 0 N–H and O–H groups in total. The predicted octanol–water partition coefficient (Wildman–Crippen LogP) is 3.07. The van der Waals surface area contributed by atoms with Crippen molar-refractivity contribution in [1.29, 1.82) is 5.26 Å². The molecule has 0 unspecified atom stereocenters. The van der Waals surface area contributed by atoms with Gasteiger partial charge in [0.05, 0.1) is 11.5 Å². The van der Waals surface area contributed by atoms with Crippen molar-refractivity contribution < 1.29 is 0 Å². The third-order valence-corrected chi connectivity index (χ3v) is 3.90. The normalized spacial score (nSPS) is 19.3. The zero-order chi connectivity index (χ0) is 7.90. The van der Waals surface area contributed by atoms with E-state index >= 15 is 0 Å². The first-order chi connectivity index (χ1) is 5.27. The average Bonchev–Trinajstić information content (AvgIpc) is 2.70. The minimum absolute atomic E-state index is 0.101. The molecule has 1 fully saturated rings. The summed E-state index contributed by atoms with van der Waals surface area (Å²) in [5.74, 6) is 0. The molecular formula is C8H6BrNS. The molecule has 0 aliphatic heterocycles. The Balaban J connectivity index is 2.38. The fourth-order valence-corrected chi connectivity index (χ4v) is 2.74. The van der Waals surface area contributed by atoms with Gasteiger partial charge in [0, 0.05) is 14.7 Å². The van der Waals surface area contributed by atoms with E-state index in [9.17, 15) is 0 Å². The van der Waals surface area contributed by atoms with Crippen LogP contribution >= 0.6 is 27.3 Å². The first-order valence-electron chi connectivity index (χ1n) is 3.43. The first kappa shape index (κ1) is 7.33. The molecule has 1 aliphatic rings. The Kier molecular flexibility index (Phi) is 1.55. The van der Waals surface area contributed by atoms with E-state index in [1.807, 2.05) is 5.38 Å². The molecule has 3 heteroatoms. The molecule has 0 saturated heterocycles. The zero-order valence-electron chi connectivity index (χ0n) is 5.80. The van der Waals surface area contributed by atoms with E-state index in [0.717, 1.165) is 17.3 Å². The van der Waals surface area contributed by atoms with Crippen LogP contribution < -0.4 is 0 Å². The summed E-state index contributed by atoms with van der Waals surface area (Å²) in [6.07, 6.45) is 2.08. The van der Waals surface area contributed by atoms with E-state index in [2.05, 4.69) is 28.1 Å². The highest BCUT2D eigenvalue weighted by atomic mass is 79.9. The summed E-state index contributed by atoms with van der Waals surface area (Å²) in [7, 11) is 0. The standard InChI is InChI=1S/C8H6BrNS/c9-6-3-7(11-4-6)8(5-10)1-2-8/h3-4H,1-2H2. The second-order valence-corrected chi connectivity index (χ2v) is 4.65. The topological polar surface area (TPSA) is 23.8 Å². The van der Waals surface area contributed by atoms with Gasteiger partial charge in [-0.2, -0.15) is 5.26 Å². The summed E-state index contributed by atoms with van der Waals surface area (Å²) in [5.41, 5.74) is -0.101. The lowest BCUT2D eigenvalue weighted by Gasteiger charge is -1.97. The zero-order valence-corrected chi connectivity index (χ0v) is 8.20. The van der Waals surface area contributed by atoms with Gasteiger partial charge in [-0.15, -0.1) is 11.3 Å². The third-order valence-electron chi connectivity index (χ3n) is 2.00. The van der Waals surface area contributed by atoms with Crippen molar-refractivity contribution in [1.82, 2.24) is 0 Å². The van der Waals surface area contributed by atoms with Crippen LogP contribution in [0.1, 0.15) is 17.7 Å². The molecular weight excluding hydrogens is 222 g/mol.